The molecule has 0 saturated heterocycles. The van der Waals surface area contributed by atoms with Gasteiger partial charge in [0.1, 0.15) is 5.69 Å². The number of aliphatic hydroxyl groups is 1. The molecule has 2 N–H and O–H groups in total. The molecule has 5 heteroatoms. The molecule has 0 saturated carbocycles. The SMILES string of the molecule is OC(Nc1ccc2ccccc2c1N=Nc1ccccc1)c1ccccn1. The highest BCUT2D eigenvalue weighted by atomic mass is 16.3. The van der Waals surface area contributed by atoms with Gasteiger partial charge in [0.15, 0.2) is 6.23 Å². The fourth-order valence-electron chi connectivity index (χ4n) is 2.84. The molecule has 0 radical (unpaired) electrons. The van der Waals surface area contributed by atoms with Crippen molar-refractivity contribution in [3.63, 3.8) is 0 Å². The quantitative estimate of drug-likeness (QED) is 0.354. The predicted molar refractivity (Wildman–Crippen MR) is 107 cm³/mol. The van der Waals surface area contributed by atoms with E-state index in [1.54, 1.807) is 12.3 Å². The molecule has 5 nitrogen and oxygen atoms in total. The summed E-state index contributed by atoms with van der Waals surface area (Å²) in [4.78, 5) is 4.19. The number of nitrogens with zero attached hydrogens (tertiary/aromatic N) is 3. The van der Waals surface area contributed by atoms with Crippen LogP contribution in [0.25, 0.3) is 10.8 Å². The van der Waals surface area contributed by atoms with Crippen LogP contribution in [0.5, 0.6) is 0 Å². The van der Waals surface area contributed by atoms with Crippen molar-refractivity contribution in [2.45, 2.75) is 6.23 Å². The number of benzene rings is 3. The highest BCUT2D eigenvalue weighted by Crippen LogP contribution is 2.36. The summed E-state index contributed by atoms with van der Waals surface area (Å²) in [6, 6.07) is 26.8. The van der Waals surface area contributed by atoms with Gasteiger partial charge in [-0.3, -0.25) is 4.98 Å². The van der Waals surface area contributed by atoms with Gasteiger partial charge in [-0.25, -0.2) is 0 Å². The zero-order valence-corrected chi connectivity index (χ0v) is 14.5. The highest BCUT2D eigenvalue weighted by Gasteiger charge is 2.13. The van der Waals surface area contributed by atoms with Crippen molar-refractivity contribution in [2.24, 2.45) is 10.2 Å². The minimum absolute atomic E-state index is 0.539. The van der Waals surface area contributed by atoms with E-state index < -0.39 is 6.23 Å². The van der Waals surface area contributed by atoms with E-state index in [2.05, 4.69) is 20.5 Å². The molecule has 1 atom stereocenters. The molecule has 4 rings (SSSR count). The van der Waals surface area contributed by atoms with Crippen LogP contribution in [-0.2, 0) is 0 Å². The number of rotatable bonds is 5. The first-order chi connectivity index (χ1) is 13.3. The monoisotopic (exact) mass is 354 g/mol. The van der Waals surface area contributed by atoms with Crippen LogP contribution in [0, 0.1) is 0 Å². The summed E-state index contributed by atoms with van der Waals surface area (Å²) >= 11 is 0. The van der Waals surface area contributed by atoms with Crippen LogP contribution in [-0.4, -0.2) is 10.1 Å². The highest BCUT2D eigenvalue weighted by molar-refractivity contribution is 5.98. The lowest BCUT2D eigenvalue weighted by atomic mass is 10.1. The second kappa shape index (κ2) is 7.76. The fourth-order valence-corrected chi connectivity index (χ4v) is 2.84. The third-order valence-electron chi connectivity index (χ3n) is 4.18. The first-order valence-electron chi connectivity index (χ1n) is 8.65. The maximum absolute atomic E-state index is 10.5. The van der Waals surface area contributed by atoms with Crippen molar-refractivity contribution in [3.8, 4) is 0 Å². The van der Waals surface area contributed by atoms with Gasteiger partial charge in [-0.2, -0.15) is 5.11 Å². The van der Waals surface area contributed by atoms with Crippen LogP contribution in [0.15, 0.2) is 101 Å². The number of aromatic nitrogens is 1. The molecule has 0 spiro atoms. The van der Waals surface area contributed by atoms with Crippen molar-refractivity contribution in [1.82, 2.24) is 4.98 Å². The summed E-state index contributed by atoms with van der Waals surface area (Å²) in [7, 11) is 0. The van der Waals surface area contributed by atoms with Gasteiger partial charge < -0.3 is 10.4 Å². The van der Waals surface area contributed by atoms with Crippen LogP contribution in [0.2, 0.25) is 0 Å². The summed E-state index contributed by atoms with van der Waals surface area (Å²) in [6.07, 6.45) is 0.703. The molecule has 1 aromatic heterocycles. The van der Waals surface area contributed by atoms with Gasteiger partial charge in [0, 0.05) is 11.6 Å². The summed E-state index contributed by atoms with van der Waals surface area (Å²) in [5.41, 5.74) is 2.66. The van der Waals surface area contributed by atoms with Crippen LogP contribution in [0.1, 0.15) is 11.9 Å². The Bertz CT molecular complexity index is 1070. The number of azo groups is 1. The molecule has 3 aromatic carbocycles. The maximum atomic E-state index is 10.5. The van der Waals surface area contributed by atoms with Crippen molar-refractivity contribution in [1.29, 1.82) is 0 Å². The molecule has 4 aromatic rings. The molecule has 0 aliphatic rings. The van der Waals surface area contributed by atoms with Crippen molar-refractivity contribution < 1.29 is 5.11 Å². The zero-order chi connectivity index (χ0) is 18.5. The third kappa shape index (κ3) is 3.83. The predicted octanol–water partition coefficient (Wildman–Crippen LogP) is 5.75. The number of anilines is 1. The van der Waals surface area contributed by atoms with Gasteiger partial charge in [-0.1, -0.05) is 54.6 Å². The first kappa shape index (κ1) is 16.9. The molecule has 0 bridgehead atoms. The molecule has 0 aliphatic carbocycles. The average molecular weight is 354 g/mol. The van der Waals surface area contributed by atoms with E-state index in [1.807, 2.05) is 78.9 Å². The molecular weight excluding hydrogens is 336 g/mol. The summed E-state index contributed by atoms with van der Waals surface area (Å²) in [5, 5.41) is 24.4. The second-order valence-electron chi connectivity index (χ2n) is 6.02. The molecule has 1 unspecified atom stereocenters. The van der Waals surface area contributed by atoms with E-state index in [0.29, 0.717) is 17.1 Å². The van der Waals surface area contributed by atoms with E-state index in [4.69, 9.17) is 0 Å². The molecule has 0 aliphatic heterocycles. The van der Waals surface area contributed by atoms with Gasteiger partial charge >= 0.3 is 0 Å². The number of fused-ring (bicyclic) bond motifs is 1. The lowest BCUT2D eigenvalue weighted by Crippen LogP contribution is -2.11. The molecule has 0 amide bonds. The standard InChI is InChI=1S/C22H18N4O/c27-22(20-12-6-7-15-23-20)24-19-14-13-16-8-4-5-11-18(16)21(19)26-25-17-9-2-1-3-10-17/h1-15,22,24,27H. The zero-order valence-electron chi connectivity index (χ0n) is 14.5. The normalized spacial score (nSPS) is 12.3. The minimum atomic E-state index is -0.946. The Morgan fingerprint density at radius 3 is 2.37 bits per heavy atom. The van der Waals surface area contributed by atoms with Crippen LogP contribution < -0.4 is 5.32 Å². The van der Waals surface area contributed by atoms with E-state index >= 15 is 0 Å². The van der Waals surface area contributed by atoms with E-state index in [-0.39, 0.29) is 0 Å². The number of hydrogen-bond acceptors (Lipinski definition) is 5. The Morgan fingerprint density at radius 2 is 1.56 bits per heavy atom. The van der Waals surface area contributed by atoms with Crippen LogP contribution in [0.4, 0.5) is 17.1 Å². The summed E-state index contributed by atoms with van der Waals surface area (Å²) in [5.74, 6) is 0. The average Bonchev–Trinajstić information content (AvgIpc) is 2.74. The molecule has 0 fully saturated rings. The van der Waals surface area contributed by atoms with Gasteiger partial charge in [0.2, 0.25) is 0 Å². The van der Waals surface area contributed by atoms with Gasteiger partial charge in [-0.05, 0) is 35.7 Å². The van der Waals surface area contributed by atoms with Crippen LogP contribution in [0.3, 0.4) is 0 Å². The Kier molecular flexibility index (Phi) is 4.85. The number of aliphatic hydroxyl groups excluding tert-OH is 1. The van der Waals surface area contributed by atoms with Gasteiger partial charge in [0.25, 0.3) is 0 Å². The second-order valence-corrected chi connectivity index (χ2v) is 6.02. The van der Waals surface area contributed by atoms with Gasteiger partial charge in [0.05, 0.1) is 17.1 Å². The van der Waals surface area contributed by atoms with Gasteiger partial charge in [-0.15, -0.1) is 5.11 Å². The number of hydrogen-bond donors (Lipinski definition) is 2. The number of nitrogens with one attached hydrogen (secondary N) is 1. The minimum Gasteiger partial charge on any atom is -0.368 e. The molecule has 1 heterocycles. The fraction of sp³-hybridized carbons (Fsp3) is 0.0455. The molecule has 27 heavy (non-hydrogen) atoms. The molecular formula is C22H18N4O. The Hall–Kier alpha value is -3.57. The van der Waals surface area contributed by atoms with E-state index in [9.17, 15) is 5.11 Å². The molecule has 132 valence electrons. The summed E-state index contributed by atoms with van der Waals surface area (Å²) in [6.45, 7) is 0. The van der Waals surface area contributed by atoms with Crippen molar-refractivity contribution in [2.75, 3.05) is 5.32 Å². The lowest BCUT2D eigenvalue weighted by Gasteiger charge is -2.16. The van der Waals surface area contributed by atoms with E-state index in [0.717, 1.165) is 16.5 Å². The number of pyridine rings is 1. The Labute approximate surface area is 157 Å². The largest absolute Gasteiger partial charge is 0.368 e. The first-order valence-corrected chi connectivity index (χ1v) is 8.65. The topological polar surface area (TPSA) is 69.9 Å². The van der Waals surface area contributed by atoms with E-state index in [1.165, 1.54) is 0 Å². The lowest BCUT2D eigenvalue weighted by molar-refractivity contribution is 0.203. The van der Waals surface area contributed by atoms with Crippen LogP contribution >= 0.6 is 0 Å². The third-order valence-corrected chi connectivity index (χ3v) is 4.18. The Morgan fingerprint density at radius 1 is 0.778 bits per heavy atom. The maximum Gasteiger partial charge on any atom is 0.168 e. The van der Waals surface area contributed by atoms with Crippen molar-refractivity contribution in [3.05, 3.63) is 96.8 Å². The summed E-state index contributed by atoms with van der Waals surface area (Å²) < 4.78 is 0. The van der Waals surface area contributed by atoms with Crippen molar-refractivity contribution >= 4 is 27.8 Å². The Balaban J connectivity index is 1.74. The smallest absolute Gasteiger partial charge is 0.168 e.